The Labute approximate surface area is 215 Å². The van der Waals surface area contributed by atoms with E-state index in [0.29, 0.717) is 30.1 Å². The van der Waals surface area contributed by atoms with Gasteiger partial charge >= 0.3 is 191 Å². The molecule has 1 aromatic rings. The average molecular weight is 567 g/mol. The molecule has 2 spiro atoms. The Morgan fingerprint density at radius 2 is 0.906 bits per heavy atom. The van der Waals surface area contributed by atoms with E-state index in [4.69, 9.17) is 0 Å². The van der Waals surface area contributed by atoms with E-state index in [1.165, 1.54) is 5.56 Å². The van der Waals surface area contributed by atoms with Crippen molar-refractivity contribution in [2.45, 2.75) is 94.0 Å². The fourth-order valence-corrected chi connectivity index (χ4v) is 10.9. The topological polar surface area (TPSA) is 13.0 Å². The van der Waals surface area contributed by atoms with Crippen LogP contribution in [0, 0.1) is 0 Å². The first-order chi connectivity index (χ1) is 14.2. The standard InChI is InChI=1S/C25H38N4.2ClH.Ru/c1-18(2)26-14-15-27(19(3)4)24(26)23(22-12-10-9-11-13-22)25-28(20(5)6)16-17-29(25)21(7)8;;;/h9-21,23H,1-8H3;2*1H;/q;;;+2/p-2. The maximum atomic E-state index is 2.67. The van der Waals surface area contributed by atoms with Crippen LogP contribution in [0.4, 0.5) is 0 Å². The fraction of sp³-hybridized carbons (Fsp3) is 0.600. The van der Waals surface area contributed by atoms with Gasteiger partial charge in [-0.05, 0) is 0 Å². The smallest absolute Gasteiger partial charge is 1.00 e. The van der Waals surface area contributed by atoms with Crippen LogP contribution in [0.25, 0.3) is 0 Å². The number of hydrogen-bond donors (Lipinski definition) is 0. The van der Waals surface area contributed by atoms with Gasteiger partial charge in [0, 0.05) is 0 Å². The third kappa shape index (κ3) is 3.67. The molecule has 0 atom stereocenters. The molecular weight excluding hydrogens is 528 g/mol. The maximum Gasteiger partial charge on any atom is -1.00 e. The first kappa shape index (κ1) is 27.3. The predicted molar refractivity (Wildman–Crippen MR) is 121 cm³/mol. The summed E-state index contributed by atoms with van der Waals surface area (Å²) in [6.45, 7) is 18.8. The Kier molecular flexibility index (Phi) is 8.34. The summed E-state index contributed by atoms with van der Waals surface area (Å²) in [4.78, 5) is 10.7. The van der Waals surface area contributed by atoms with Crippen LogP contribution in [-0.2, 0) is 17.1 Å². The molecule has 0 saturated carbocycles. The van der Waals surface area contributed by atoms with Gasteiger partial charge in [-0.3, -0.25) is 0 Å². The number of halogens is 2. The van der Waals surface area contributed by atoms with Gasteiger partial charge in [0.2, 0.25) is 0 Å². The first-order valence-corrected chi connectivity index (χ1v) is 13.1. The molecule has 0 N–H and O–H groups in total. The number of benzene rings is 1. The largest absolute Gasteiger partial charge is 1.00 e. The van der Waals surface area contributed by atoms with E-state index in [1.807, 2.05) is 0 Å². The van der Waals surface area contributed by atoms with E-state index in [-0.39, 0.29) is 50.5 Å². The van der Waals surface area contributed by atoms with Gasteiger partial charge in [-0.25, -0.2) is 0 Å². The van der Waals surface area contributed by atoms with Crippen LogP contribution < -0.4 is 24.8 Å². The van der Waals surface area contributed by atoms with Gasteiger partial charge in [0.25, 0.3) is 0 Å². The summed E-state index contributed by atoms with van der Waals surface area (Å²) in [5.74, 6) is 0.379. The van der Waals surface area contributed by atoms with E-state index in [1.54, 1.807) is 0 Å². The van der Waals surface area contributed by atoms with Crippen molar-refractivity contribution < 1.29 is 41.9 Å². The summed E-state index contributed by atoms with van der Waals surface area (Å²) in [5.41, 5.74) is 1.46. The Balaban J connectivity index is 0.00000181. The molecule has 3 aliphatic heterocycles. The van der Waals surface area contributed by atoms with Crippen LogP contribution >= 0.6 is 0 Å². The van der Waals surface area contributed by atoms with Crippen molar-refractivity contribution in [3.8, 4) is 0 Å². The van der Waals surface area contributed by atoms with E-state index in [9.17, 15) is 0 Å². The molecule has 1 saturated heterocycles. The van der Waals surface area contributed by atoms with Crippen LogP contribution in [0.3, 0.4) is 0 Å². The maximum absolute atomic E-state index is 2.67. The van der Waals surface area contributed by atoms with Gasteiger partial charge in [-0.15, -0.1) is 0 Å². The number of hydrogen-bond acceptors (Lipinski definition) is 4. The molecular formula is C25H38Cl2N4Ru. The first-order valence-electron chi connectivity index (χ1n) is 11.4. The number of nitrogens with zero attached hydrogens (tertiary/aromatic N) is 4. The van der Waals surface area contributed by atoms with Gasteiger partial charge in [-0.2, -0.15) is 0 Å². The monoisotopic (exact) mass is 566 g/mol. The van der Waals surface area contributed by atoms with Crippen molar-refractivity contribution in [2.75, 3.05) is 0 Å². The second kappa shape index (κ2) is 9.76. The Hall–Kier alpha value is -0.897. The third-order valence-corrected chi connectivity index (χ3v) is 10.6. The molecule has 4 nitrogen and oxygen atoms in total. The summed E-state index contributed by atoms with van der Waals surface area (Å²) in [6, 6.07) is 13.2. The van der Waals surface area contributed by atoms with Gasteiger partial charge in [0.1, 0.15) is 0 Å². The van der Waals surface area contributed by atoms with Gasteiger partial charge in [0.15, 0.2) is 0 Å². The summed E-state index contributed by atoms with van der Waals surface area (Å²) in [5, 5.41) is 0. The van der Waals surface area contributed by atoms with Crippen LogP contribution in [0.15, 0.2) is 55.1 Å². The van der Waals surface area contributed by atoms with E-state index < -0.39 is 0 Å². The zero-order valence-electron chi connectivity index (χ0n) is 20.5. The predicted octanol–water partition coefficient (Wildman–Crippen LogP) is -1.01. The second-order valence-corrected chi connectivity index (χ2v) is 12.8. The summed E-state index contributed by atoms with van der Waals surface area (Å²) < 4.78 is 0.0887. The molecule has 4 rings (SSSR count). The molecule has 7 heteroatoms. The summed E-state index contributed by atoms with van der Waals surface area (Å²) in [7, 11) is 0. The van der Waals surface area contributed by atoms with Gasteiger partial charge < -0.3 is 24.8 Å². The number of rotatable bonds is 5. The van der Waals surface area contributed by atoms with Crippen molar-refractivity contribution in [3.05, 3.63) is 60.7 Å². The molecule has 0 radical (unpaired) electrons. The molecule has 0 aromatic heterocycles. The molecule has 3 aliphatic rings. The van der Waals surface area contributed by atoms with Crippen molar-refractivity contribution >= 4 is 0 Å². The molecule has 1 aromatic carbocycles. The molecule has 3 heterocycles. The fourth-order valence-electron chi connectivity index (χ4n) is 5.39. The summed E-state index contributed by atoms with van der Waals surface area (Å²) >= 11 is -0.0243. The van der Waals surface area contributed by atoms with Crippen LogP contribution in [0.5, 0.6) is 0 Å². The minimum atomic E-state index is -0.0243. The van der Waals surface area contributed by atoms with Crippen molar-refractivity contribution in [1.29, 1.82) is 0 Å². The van der Waals surface area contributed by atoms with E-state index in [2.05, 4.69) is 130 Å². The molecule has 0 aliphatic carbocycles. The SMILES string of the molecule is CC(C)N1C=CN(C(C)C)[C]12[Ru+2][C]1(C2c2ccccc2)N(C(C)C)C=CN1C(C)C.[Cl-].[Cl-]. The quantitative estimate of drug-likeness (QED) is 0.424. The molecule has 0 amide bonds. The molecule has 32 heavy (non-hydrogen) atoms. The second-order valence-electron chi connectivity index (χ2n) is 9.77. The summed E-state index contributed by atoms with van der Waals surface area (Å²) in [6.07, 6.45) is 9.46. The van der Waals surface area contributed by atoms with Crippen LogP contribution in [0.1, 0.15) is 66.9 Å². The zero-order chi connectivity index (χ0) is 21.8. The minimum Gasteiger partial charge on any atom is -1.00 e. The van der Waals surface area contributed by atoms with Crippen LogP contribution in [-0.4, -0.2) is 52.3 Å². The molecule has 0 bridgehead atoms. The van der Waals surface area contributed by atoms with Crippen molar-refractivity contribution in [3.63, 3.8) is 0 Å². The van der Waals surface area contributed by atoms with Crippen molar-refractivity contribution in [1.82, 2.24) is 19.6 Å². The zero-order valence-corrected chi connectivity index (χ0v) is 23.7. The molecule has 0 unspecified atom stereocenters. The minimum absolute atomic E-state index is 0. The van der Waals surface area contributed by atoms with Crippen molar-refractivity contribution in [2.24, 2.45) is 0 Å². The van der Waals surface area contributed by atoms with Crippen LogP contribution in [0.2, 0.25) is 0 Å². The molecule has 180 valence electrons. The Bertz CT molecular complexity index is 740. The van der Waals surface area contributed by atoms with E-state index in [0.717, 1.165) is 0 Å². The third-order valence-electron chi connectivity index (χ3n) is 6.54. The van der Waals surface area contributed by atoms with Gasteiger partial charge in [0.05, 0.1) is 0 Å². The Morgan fingerprint density at radius 1 is 0.594 bits per heavy atom. The average Bonchev–Trinajstić information content (AvgIpc) is 3.24. The molecule has 1 fully saturated rings. The van der Waals surface area contributed by atoms with Gasteiger partial charge in [-0.1, -0.05) is 0 Å². The Morgan fingerprint density at radius 3 is 1.19 bits per heavy atom. The van der Waals surface area contributed by atoms with E-state index >= 15 is 0 Å². The normalized spacial score (nSPS) is 20.9.